The highest BCUT2D eigenvalue weighted by Crippen LogP contribution is 2.26. The number of anilines is 1. The molecule has 2 aromatic rings. The largest absolute Gasteiger partial charge is 0.496 e. The maximum absolute atomic E-state index is 10.3. The molecule has 0 bridgehead atoms. The van der Waals surface area contributed by atoms with Gasteiger partial charge in [0.25, 0.3) is 0 Å². The van der Waals surface area contributed by atoms with Gasteiger partial charge in [-0.1, -0.05) is 27.6 Å². The number of aliphatic hydroxyl groups is 1. The second kappa shape index (κ2) is 6.77. The predicted octanol–water partition coefficient (Wildman–Crippen LogP) is 3.91. The zero-order valence-corrected chi connectivity index (χ0v) is 13.1. The second-order valence-electron chi connectivity index (χ2n) is 4.65. The van der Waals surface area contributed by atoms with Crippen molar-refractivity contribution in [3.8, 4) is 5.75 Å². The summed E-state index contributed by atoms with van der Waals surface area (Å²) < 4.78 is 6.33. The fourth-order valence-corrected chi connectivity index (χ4v) is 2.27. The van der Waals surface area contributed by atoms with Crippen LogP contribution in [0.3, 0.4) is 0 Å². The van der Waals surface area contributed by atoms with E-state index < -0.39 is 6.10 Å². The average molecular weight is 336 g/mol. The van der Waals surface area contributed by atoms with Gasteiger partial charge < -0.3 is 15.2 Å². The molecule has 0 aliphatic rings. The maximum Gasteiger partial charge on any atom is 0.124 e. The van der Waals surface area contributed by atoms with Crippen molar-refractivity contribution in [2.24, 2.45) is 0 Å². The van der Waals surface area contributed by atoms with Crippen molar-refractivity contribution in [3.05, 3.63) is 58.1 Å². The summed E-state index contributed by atoms with van der Waals surface area (Å²) in [5.74, 6) is 0.709. The number of rotatable bonds is 5. The number of halogens is 1. The SMILES string of the molecule is COc1ccc(C)cc1C(O)CNc1ccc(Br)cc1. The van der Waals surface area contributed by atoms with Gasteiger partial charge in [0.15, 0.2) is 0 Å². The molecule has 0 fully saturated rings. The van der Waals surface area contributed by atoms with Gasteiger partial charge in [0, 0.05) is 22.3 Å². The minimum atomic E-state index is -0.617. The Labute approximate surface area is 127 Å². The van der Waals surface area contributed by atoms with Crippen LogP contribution in [0.4, 0.5) is 5.69 Å². The Hall–Kier alpha value is -1.52. The van der Waals surface area contributed by atoms with Crippen LogP contribution in [0.5, 0.6) is 5.75 Å². The Morgan fingerprint density at radius 1 is 1.20 bits per heavy atom. The van der Waals surface area contributed by atoms with Gasteiger partial charge >= 0.3 is 0 Å². The van der Waals surface area contributed by atoms with Gasteiger partial charge in [0.2, 0.25) is 0 Å². The number of nitrogens with one attached hydrogen (secondary N) is 1. The van der Waals surface area contributed by atoms with E-state index in [0.717, 1.165) is 21.3 Å². The Kier molecular flexibility index (Phi) is 5.04. The summed E-state index contributed by atoms with van der Waals surface area (Å²) in [6, 6.07) is 13.6. The molecule has 0 radical (unpaired) electrons. The molecule has 0 aliphatic carbocycles. The zero-order chi connectivity index (χ0) is 14.5. The van der Waals surface area contributed by atoms with E-state index in [9.17, 15) is 5.11 Å². The van der Waals surface area contributed by atoms with Crippen LogP contribution in [0.1, 0.15) is 17.2 Å². The summed E-state index contributed by atoms with van der Waals surface area (Å²) in [4.78, 5) is 0. The summed E-state index contributed by atoms with van der Waals surface area (Å²) in [6.07, 6.45) is -0.617. The Morgan fingerprint density at radius 3 is 2.55 bits per heavy atom. The maximum atomic E-state index is 10.3. The van der Waals surface area contributed by atoms with Gasteiger partial charge in [0.1, 0.15) is 5.75 Å². The number of aryl methyl sites for hydroxylation is 1. The first kappa shape index (κ1) is 14.9. The fraction of sp³-hybridized carbons (Fsp3) is 0.250. The van der Waals surface area contributed by atoms with Gasteiger partial charge in [-0.3, -0.25) is 0 Å². The lowest BCUT2D eigenvalue weighted by Crippen LogP contribution is -2.13. The van der Waals surface area contributed by atoms with E-state index in [-0.39, 0.29) is 0 Å². The lowest BCUT2D eigenvalue weighted by molar-refractivity contribution is 0.187. The van der Waals surface area contributed by atoms with Crippen LogP contribution in [0.25, 0.3) is 0 Å². The lowest BCUT2D eigenvalue weighted by Gasteiger charge is -2.17. The number of aliphatic hydroxyl groups excluding tert-OH is 1. The number of methoxy groups -OCH3 is 1. The molecule has 0 amide bonds. The van der Waals surface area contributed by atoms with Crippen LogP contribution in [-0.2, 0) is 0 Å². The van der Waals surface area contributed by atoms with Crippen LogP contribution in [0, 0.1) is 6.92 Å². The monoisotopic (exact) mass is 335 g/mol. The minimum absolute atomic E-state index is 0.432. The second-order valence-corrected chi connectivity index (χ2v) is 5.56. The topological polar surface area (TPSA) is 41.5 Å². The predicted molar refractivity (Wildman–Crippen MR) is 85.3 cm³/mol. The Morgan fingerprint density at radius 2 is 1.90 bits per heavy atom. The highest BCUT2D eigenvalue weighted by molar-refractivity contribution is 9.10. The van der Waals surface area contributed by atoms with E-state index >= 15 is 0 Å². The van der Waals surface area contributed by atoms with Gasteiger partial charge in [-0.2, -0.15) is 0 Å². The summed E-state index contributed by atoms with van der Waals surface area (Å²) in [6.45, 7) is 2.43. The van der Waals surface area contributed by atoms with Gasteiger partial charge in [0.05, 0.1) is 13.2 Å². The molecule has 4 heteroatoms. The van der Waals surface area contributed by atoms with Crippen molar-refractivity contribution in [3.63, 3.8) is 0 Å². The van der Waals surface area contributed by atoms with E-state index in [4.69, 9.17) is 4.74 Å². The highest BCUT2D eigenvalue weighted by Gasteiger charge is 2.13. The summed E-state index contributed by atoms with van der Waals surface area (Å²) >= 11 is 3.40. The Bertz CT molecular complexity index is 569. The third-order valence-corrected chi connectivity index (χ3v) is 3.62. The number of benzene rings is 2. The van der Waals surface area contributed by atoms with Gasteiger partial charge in [-0.15, -0.1) is 0 Å². The van der Waals surface area contributed by atoms with Crippen LogP contribution >= 0.6 is 15.9 Å². The third kappa shape index (κ3) is 3.74. The Balaban J connectivity index is 2.06. The first-order valence-corrected chi connectivity index (χ1v) is 7.21. The van der Waals surface area contributed by atoms with Crippen LogP contribution in [0.2, 0.25) is 0 Å². The molecule has 1 unspecified atom stereocenters. The van der Waals surface area contributed by atoms with Crippen LogP contribution in [-0.4, -0.2) is 18.8 Å². The van der Waals surface area contributed by atoms with E-state index in [0.29, 0.717) is 12.3 Å². The van der Waals surface area contributed by atoms with Crippen molar-refractivity contribution in [2.45, 2.75) is 13.0 Å². The molecule has 3 nitrogen and oxygen atoms in total. The third-order valence-electron chi connectivity index (χ3n) is 3.09. The van der Waals surface area contributed by atoms with E-state index in [1.807, 2.05) is 49.4 Å². The molecule has 0 aromatic heterocycles. The van der Waals surface area contributed by atoms with Crippen molar-refractivity contribution in [1.82, 2.24) is 0 Å². The lowest BCUT2D eigenvalue weighted by atomic mass is 10.1. The molecule has 1 atom stereocenters. The van der Waals surface area contributed by atoms with Gasteiger partial charge in [-0.05, 0) is 43.3 Å². The zero-order valence-electron chi connectivity index (χ0n) is 11.6. The first-order valence-electron chi connectivity index (χ1n) is 6.42. The number of ether oxygens (including phenoxy) is 1. The van der Waals surface area contributed by atoms with Crippen molar-refractivity contribution < 1.29 is 9.84 Å². The number of hydrogen-bond donors (Lipinski definition) is 2. The molecule has 106 valence electrons. The first-order chi connectivity index (χ1) is 9.60. The molecule has 2 N–H and O–H groups in total. The summed E-state index contributed by atoms with van der Waals surface area (Å²) in [5, 5.41) is 13.5. The summed E-state index contributed by atoms with van der Waals surface area (Å²) in [5.41, 5.74) is 2.87. The average Bonchev–Trinajstić information content (AvgIpc) is 2.46. The molecule has 0 saturated carbocycles. The van der Waals surface area contributed by atoms with Gasteiger partial charge in [-0.25, -0.2) is 0 Å². The molecular formula is C16H18BrNO2. The van der Waals surface area contributed by atoms with Crippen LogP contribution < -0.4 is 10.1 Å². The molecule has 2 rings (SSSR count). The summed E-state index contributed by atoms with van der Waals surface area (Å²) in [7, 11) is 1.61. The van der Waals surface area contributed by atoms with E-state index in [1.165, 1.54) is 0 Å². The molecule has 0 heterocycles. The van der Waals surface area contributed by atoms with Crippen molar-refractivity contribution in [2.75, 3.05) is 19.0 Å². The molecular weight excluding hydrogens is 318 g/mol. The molecule has 0 aliphatic heterocycles. The number of hydrogen-bond acceptors (Lipinski definition) is 3. The molecule has 0 spiro atoms. The van der Waals surface area contributed by atoms with Crippen molar-refractivity contribution in [1.29, 1.82) is 0 Å². The molecule has 0 saturated heterocycles. The van der Waals surface area contributed by atoms with E-state index in [1.54, 1.807) is 7.11 Å². The van der Waals surface area contributed by atoms with Crippen LogP contribution in [0.15, 0.2) is 46.9 Å². The van der Waals surface area contributed by atoms with E-state index in [2.05, 4.69) is 21.2 Å². The minimum Gasteiger partial charge on any atom is -0.496 e. The van der Waals surface area contributed by atoms with Crippen molar-refractivity contribution >= 4 is 21.6 Å². The smallest absolute Gasteiger partial charge is 0.124 e. The normalized spacial score (nSPS) is 12.0. The molecule has 2 aromatic carbocycles. The standard InChI is InChI=1S/C16H18BrNO2/c1-11-3-8-16(20-2)14(9-11)15(19)10-18-13-6-4-12(17)5-7-13/h3-9,15,18-19H,10H2,1-2H3. The fourth-order valence-electron chi connectivity index (χ4n) is 2.01. The quantitative estimate of drug-likeness (QED) is 0.870. The molecule has 20 heavy (non-hydrogen) atoms. The highest BCUT2D eigenvalue weighted by atomic mass is 79.9.